The van der Waals surface area contributed by atoms with E-state index in [1.807, 2.05) is 25.1 Å². The van der Waals surface area contributed by atoms with Gasteiger partial charge >= 0.3 is 0 Å². The second-order valence-electron chi connectivity index (χ2n) is 3.12. The molecular weight excluding hydrogens is 188 g/mol. The molecule has 0 saturated carbocycles. The third-order valence-corrected chi connectivity index (χ3v) is 1.97. The number of hydrogen-bond acceptors (Lipinski definition) is 2. The fourth-order valence-electron chi connectivity index (χ4n) is 1.20. The molecule has 0 aliphatic heterocycles. The van der Waals surface area contributed by atoms with Crippen LogP contribution in [0.4, 0.5) is 0 Å². The first kappa shape index (κ1) is 11.1. The molecule has 2 nitrogen and oxygen atoms in total. The van der Waals surface area contributed by atoms with Crippen molar-refractivity contribution in [1.82, 2.24) is 0 Å². The summed E-state index contributed by atoms with van der Waals surface area (Å²) >= 11 is 0. The van der Waals surface area contributed by atoms with Crippen LogP contribution < -0.4 is 0 Å². The number of rotatable bonds is 3. The van der Waals surface area contributed by atoms with E-state index in [1.165, 1.54) is 6.08 Å². The Morgan fingerprint density at radius 3 is 2.27 bits per heavy atom. The normalized spacial score (nSPS) is 11.9. The van der Waals surface area contributed by atoms with Gasteiger partial charge in [0.1, 0.15) is 11.5 Å². The average Bonchev–Trinajstić information content (AvgIpc) is 2.21. The average molecular weight is 202 g/mol. The second kappa shape index (κ2) is 5.05. The molecule has 0 atom stereocenters. The monoisotopic (exact) mass is 202 g/mol. The van der Waals surface area contributed by atoms with Crippen molar-refractivity contribution in [3.63, 3.8) is 0 Å². The number of hydrogen-bond donors (Lipinski definition) is 2. The maximum Gasteiger partial charge on any atom is 0.115 e. The zero-order chi connectivity index (χ0) is 11.3. The number of allylic oxidation sites excluding steroid dienone is 4. The minimum absolute atomic E-state index is 0.0214. The van der Waals surface area contributed by atoms with Crippen LogP contribution in [0.5, 0.6) is 5.75 Å². The van der Waals surface area contributed by atoms with E-state index < -0.39 is 0 Å². The molecule has 0 spiro atoms. The molecule has 0 fully saturated rings. The number of aromatic hydroxyl groups is 1. The van der Waals surface area contributed by atoms with Crippen molar-refractivity contribution < 1.29 is 10.2 Å². The summed E-state index contributed by atoms with van der Waals surface area (Å²) in [4.78, 5) is 0. The Labute approximate surface area is 89.5 Å². The van der Waals surface area contributed by atoms with Crippen LogP contribution in [0.2, 0.25) is 0 Å². The van der Waals surface area contributed by atoms with Crippen molar-refractivity contribution in [3.05, 3.63) is 60.4 Å². The van der Waals surface area contributed by atoms with Crippen molar-refractivity contribution in [2.24, 2.45) is 0 Å². The Kier molecular flexibility index (Phi) is 3.75. The largest absolute Gasteiger partial charge is 0.509 e. The van der Waals surface area contributed by atoms with E-state index in [0.717, 1.165) is 11.1 Å². The van der Waals surface area contributed by atoms with Crippen LogP contribution in [0.15, 0.2) is 54.8 Å². The van der Waals surface area contributed by atoms with Gasteiger partial charge in [0.2, 0.25) is 0 Å². The van der Waals surface area contributed by atoms with Crippen LogP contribution in [0, 0.1) is 0 Å². The lowest BCUT2D eigenvalue weighted by molar-refractivity contribution is 0.435. The van der Waals surface area contributed by atoms with Crippen LogP contribution in [-0.2, 0) is 0 Å². The van der Waals surface area contributed by atoms with Gasteiger partial charge in [-0.05, 0) is 36.3 Å². The first-order valence-corrected chi connectivity index (χ1v) is 4.65. The SMILES string of the molecule is C=C(O)/C=C\C(=C/C)c1ccc(O)cc1. The van der Waals surface area contributed by atoms with E-state index in [4.69, 9.17) is 10.2 Å². The number of aliphatic hydroxyl groups is 1. The van der Waals surface area contributed by atoms with Gasteiger partial charge in [-0.3, -0.25) is 0 Å². The predicted molar refractivity (Wildman–Crippen MR) is 62.7 cm³/mol. The maximum atomic E-state index is 9.14. The van der Waals surface area contributed by atoms with Crippen LogP contribution in [0.1, 0.15) is 12.5 Å². The first-order chi connectivity index (χ1) is 7.13. The van der Waals surface area contributed by atoms with E-state index in [0.29, 0.717) is 0 Å². The number of phenols is 1. The number of aliphatic hydroxyl groups excluding tert-OH is 1. The molecule has 0 radical (unpaired) electrons. The lowest BCUT2D eigenvalue weighted by Gasteiger charge is -2.01. The molecule has 0 bridgehead atoms. The molecule has 0 aromatic heterocycles. The summed E-state index contributed by atoms with van der Waals surface area (Å²) in [5.41, 5.74) is 1.94. The molecule has 0 amide bonds. The molecular formula is C13H14O2. The third-order valence-electron chi connectivity index (χ3n) is 1.97. The highest BCUT2D eigenvalue weighted by molar-refractivity contribution is 5.74. The summed E-state index contributed by atoms with van der Waals surface area (Å²) in [5.74, 6) is 0.262. The second-order valence-corrected chi connectivity index (χ2v) is 3.12. The molecule has 0 aliphatic carbocycles. The third kappa shape index (κ3) is 3.35. The maximum absolute atomic E-state index is 9.14. The standard InChI is InChI=1S/C13H14O2/c1-3-11(5-4-10(2)14)12-6-8-13(15)9-7-12/h3-9,14-15H,2H2,1H3/b5-4-,11-3+. The van der Waals surface area contributed by atoms with Crippen molar-refractivity contribution >= 4 is 5.57 Å². The van der Waals surface area contributed by atoms with Gasteiger partial charge in [0.05, 0.1) is 0 Å². The fraction of sp³-hybridized carbons (Fsp3) is 0.0769. The highest BCUT2D eigenvalue weighted by Gasteiger charge is 1.96. The summed E-state index contributed by atoms with van der Waals surface area (Å²) in [6, 6.07) is 6.88. The minimum atomic E-state index is 0.0214. The van der Waals surface area contributed by atoms with E-state index in [1.54, 1.807) is 18.2 Å². The highest BCUT2D eigenvalue weighted by atomic mass is 16.3. The fourth-order valence-corrected chi connectivity index (χ4v) is 1.20. The van der Waals surface area contributed by atoms with Crippen LogP contribution in [0.3, 0.4) is 0 Å². The highest BCUT2D eigenvalue weighted by Crippen LogP contribution is 2.19. The van der Waals surface area contributed by atoms with E-state index in [2.05, 4.69) is 6.58 Å². The van der Waals surface area contributed by atoms with Crippen LogP contribution in [-0.4, -0.2) is 10.2 Å². The van der Waals surface area contributed by atoms with Crippen molar-refractivity contribution in [2.45, 2.75) is 6.92 Å². The quantitative estimate of drug-likeness (QED) is 0.582. The molecule has 2 N–H and O–H groups in total. The lowest BCUT2D eigenvalue weighted by Crippen LogP contribution is -1.80. The topological polar surface area (TPSA) is 40.5 Å². The van der Waals surface area contributed by atoms with Crippen molar-refractivity contribution in [1.29, 1.82) is 0 Å². The van der Waals surface area contributed by atoms with Crippen LogP contribution in [0.25, 0.3) is 5.57 Å². The van der Waals surface area contributed by atoms with Gasteiger partial charge in [0.15, 0.2) is 0 Å². The summed E-state index contributed by atoms with van der Waals surface area (Å²) < 4.78 is 0. The van der Waals surface area contributed by atoms with Gasteiger partial charge in [-0.1, -0.05) is 30.9 Å². The smallest absolute Gasteiger partial charge is 0.115 e. The zero-order valence-corrected chi connectivity index (χ0v) is 8.64. The molecule has 1 aromatic carbocycles. The Bertz CT molecular complexity index is 397. The van der Waals surface area contributed by atoms with Gasteiger partial charge < -0.3 is 10.2 Å². The molecule has 2 heteroatoms. The molecule has 0 saturated heterocycles. The molecule has 15 heavy (non-hydrogen) atoms. The van der Waals surface area contributed by atoms with Gasteiger partial charge in [0.25, 0.3) is 0 Å². The Morgan fingerprint density at radius 1 is 1.20 bits per heavy atom. The van der Waals surface area contributed by atoms with Gasteiger partial charge in [-0.15, -0.1) is 0 Å². The molecule has 0 unspecified atom stereocenters. The molecule has 1 rings (SSSR count). The summed E-state index contributed by atoms with van der Waals surface area (Å²) in [7, 11) is 0. The Balaban J connectivity index is 2.94. The zero-order valence-electron chi connectivity index (χ0n) is 8.64. The summed E-state index contributed by atoms with van der Waals surface area (Å²) in [5, 5.41) is 18.1. The molecule has 0 heterocycles. The van der Waals surface area contributed by atoms with E-state index >= 15 is 0 Å². The molecule has 1 aromatic rings. The molecule has 78 valence electrons. The Hall–Kier alpha value is -1.96. The summed E-state index contributed by atoms with van der Waals surface area (Å²) in [6.07, 6.45) is 5.22. The number of phenolic OH excluding ortho intramolecular Hbond substituents is 1. The first-order valence-electron chi connectivity index (χ1n) is 4.65. The predicted octanol–water partition coefficient (Wildman–Crippen LogP) is 3.42. The number of benzene rings is 1. The van der Waals surface area contributed by atoms with Crippen molar-refractivity contribution in [3.8, 4) is 5.75 Å². The Morgan fingerprint density at radius 2 is 1.80 bits per heavy atom. The van der Waals surface area contributed by atoms with Crippen molar-refractivity contribution in [2.75, 3.05) is 0 Å². The summed E-state index contributed by atoms with van der Waals surface area (Å²) in [6.45, 7) is 5.28. The van der Waals surface area contributed by atoms with E-state index in [9.17, 15) is 0 Å². The van der Waals surface area contributed by atoms with Gasteiger partial charge in [-0.25, -0.2) is 0 Å². The van der Waals surface area contributed by atoms with E-state index in [-0.39, 0.29) is 11.5 Å². The van der Waals surface area contributed by atoms with Crippen LogP contribution >= 0.6 is 0 Å². The minimum Gasteiger partial charge on any atom is -0.509 e. The van der Waals surface area contributed by atoms with Gasteiger partial charge in [0, 0.05) is 0 Å². The van der Waals surface area contributed by atoms with Gasteiger partial charge in [-0.2, -0.15) is 0 Å². The lowest BCUT2D eigenvalue weighted by atomic mass is 10.1. The molecule has 0 aliphatic rings.